The molecule has 2 aromatic carbocycles. The van der Waals surface area contributed by atoms with Crippen molar-refractivity contribution >= 4 is 18.3 Å². The molecule has 0 saturated carbocycles. The lowest BCUT2D eigenvalue weighted by Crippen LogP contribution is -2.41. The Balaban J connectivity index is 0.00000288. The van der Waals surface area contributed by atoms with E-state index in [4.69, 9.17) is 10.5 Å². The number of amides is 1. The van der Waals surface area contributed by atoms with Crippen LogP contribution in [0, 0.1) is 6.92 Å². The highest BCUT2D eigenvalue weighted by molar-refractivity contribution is 5.85. The number of nitrogens with one attached hydrogen (secondary N) is 1. The Hall–Kier alpha value is -2.04. The van der Waals surface area contributed by atoms with E-state index in [1.807, 2.05) is 68.4 Å². The second-order valence-electron chi connectivity index (χ2n) is 5.54. The van der Waals surface area contributed by atoms with Crippen molar-refractivity contribution in [3.8, 4) is 5.75 Å². The summed E-state index contributed by atoms with van der Waals surface area (Å²) in [5, 5.41) is 2.88. The molecule has 0 bridgehead atoms. The molecule has 2 unspecified atom stereocenters. The maximum Gasteiger partial charge on any atom is 0.261 e. The molecular weight excluding hydrogens is 324 g/mol. The van der Waals surface area contributed by atoms with Crippen LogP contribution in [0.2, 0.25) is 0 Å². The molecule has 2 aromatic rings. The smallest absolute Gasteiger partial charge is 0.261 e. The lowest BCUT2D eigenvalue weighted by molar-refractivity contribution is -0.128. The fraction of sp³-hybridized carbons (Fsp3) is 0.316. The fourth-order valence-electron chi connectivity index (χ4n) is 2.31. The number of ether oxygens (including phenoxy) is 1. The first-order valence-electron chi connectivity index (χ1n) is 7.92. The van der Waals surface area contributed by atoms with E-state index in [1.165, 1.54) is 0 Å². The molecule has 0 aliphatic rings. The minimum atomic E-state index is -0.515. The Bertz CT molecular complexity index is 634. The van der Waals surface area contributed by atoms with Gasteiger partial charge in [-0.25, -0.2) is 0 Å². The van der Waals surface area contributed by atoms with Crippen LogP contribution in [-0.4, -0.2) is 18.6 Å². The number of benzene rings is 2. The van der Waals surface area contributed by atoms with Gasteiger partial charge in [0.2, 0.25) is 0 Å². The Morgan fingerprint density at radius 2 is 1.75 bits per heavy atom. The maximum atomic E-state index is 12.3. The summed E-state index contributed by atoms with van der Waals surface area (Å²) in [5.41, 5.74) is 8.12. The van der Waals surface area contributed by atoms with Crippen LogP contribution in [0.15, 0.2) is 54.6 Å². The zero-order valence-corrected chi connectivity index (χ0v) is 14.9. The molecule has 2 rings (SSSR count). The molecular formula is C19H25ClN2O2. The monoisotopic (exact) mass is 348 g/mol. The van der Waals surface area contributed by atoms with Gasteiger partial charge in [-0.15, -0.1) is 12.4 Å². The van der Waals surface area contributed by atoms with Crippen LogP contribution in [-0.2, 0) is 4.79 Å². The average Bonchev–Trinajstić information content (AvgIpc) is 2.59. The number of hydrogen-bond acceptors (Lipinski definition) is 3. The zero-order valence-electron chi connectivity index (χ0n) is 14.1. The summed E-state index contributed by atoms with van der Waals surface area (Å²) in [6.07, 6.45) is 0.0832. The molecule has 3 N–H and O–H groups in total. The highest BCUT2D eigenvalue weighted by atomic mass is 35.5. The van der Waals surface area contributed by atoms with Crippen LogP contribution < -0.4 is 15.8 Å². The lowest BCUT2D eigenvalue weighted by Gasteiger charge is -2.20. The Morgan fingerprint density at radius 3 is 2.38 bits per heavy atom. The van der Waals surface area contributed by atoms with Gasteiger partial charge in [0.15, 0.2) is 6.10 Å². The second-order valence-corrected chi connectivity index (χ2v) is 5.54. The van der Waals surface area contributed by atoms with Crippen molar-refractivity contribution in [2.24, 2.45) is 5.73 Å². The van der Waals surface area contributed by atoms with E-state index in [-0.39, 0.29) is 24.4 Å². The van der Waals surface area contributed by atoms with Gasteiger partial charge in [-0.2, -0.15) is 0 Å². The number of halogens is 1. The van der Waals surface area contributed by atoms with Crippen LogP contribution in [0.5, 0.6) is 5.75 Å². The summed E-state index contributed by atoms with van der Waals surface area (Å²) in [5.74, 6) is 0.601. The van der Waals surface area contributed by atoms with Gasteiger partial charge in [-0.05, 0) is 30.5 Å². The third kappa shape index (κ3) is 5.55. The highest BCUT2D eigenvalue weighted by Crippen LogP contribution is 2.19. The fourth-order valence-corrected chi connectivity index (χ4v) is 2.31. The first kappa shape index (κ1) is 20.0. The van der Waals surface area contributed by atoms with E-state index in [0.29, 0.717) is 13.0 Å². The van der Waals surface area contributed by atoms with Crippen LogP contribution in [0.25, 0.3) is 0 Å². The van der Waals surface area contributed by atoms with Crippen molar-refractivity contribution < 1.29 is 9.53 Å². The number of para-hydroxylation sites is 1. The van der Waals surface area contributed by atoms with Gasteiger partial charge in [-0.1, -0.05) is 55.5 Å². The molecule has 2 atom stereocenters. The van der Waals surface area contributed by atoms with E-state index in [0.717, 1.165) is 16.9 Å². The number of aryl methyl sites for hydroxylation is 1. The van der Waals surface area contributed by atoms with Crippen molar-refractivity contribution in [2.75, 3.05) is 6.54 Å². The summed E-state index contributed by atoms with van der Waals surface area (Å²) in [6, 6.07) is 17.2. The summed E-state index contributed by atoms with van der Waals surface area (Å²) < 4.78 is 5.84. The molecule has 0 aromatic heterocycles. The number of carbonyl (C=O) groups is 1. The van der Waals surface area contributed by atoms with Crippen molar-refractivity contribution in [3.05, 3.63) is 65.7 Å². The molecule has 1 amide bonds. The summed E-state index contributed by atoms with van der Waals surface area (Å²) in [6.45, 7) is 4.28. The summed E-state index contributed by atoms with van der Waals surface area (Å²) >= 11 is 0. The molecule has 0 fully saturated rings. The molecule has 0 aliphatic carbocycles. The van der Waals surface area contributed by atoms with E-state index in [9.17, 15) is 4.79 Å². The first-order chi connectivity index (χ1) is 11.1. The largest absolute Gasteiger partial charge is 0.480 e. The predicted octanol–water partition coefficient (Wildman–Crippen LogP) is 3.39. The van der Waals surface area contributed by atoms with Crippen LogP contribution in [0.3, 0.4) is 0 Å². The third-order valence-electron chi connectivity index (χ3n) is 3.75. The predicted molar refractivity (Wildman–Crippen MR) is 99.5 cm³/mol. The van der Waals surface area contributed by atoms with Crippen molar-refractivity contribution in [1.29, 1.82) is 0 Å². The van der Waals surface area contributed by atoms with Gasteiger partial charge in [0, 0.05) is 12.6 Å². The minimum absolute atomic E-state index is 0. The van der Waals surface area contributed by atoms with E-state index >= 15 is 0 Å². The summed E-state index contributed by atoms with van der Waals surface area (Å²) in [7, 11) is 0. The molecule has 0 saturated heterocycles. The SMILES string of the molecule is CCC(Oc1ccccc1C)C(=O)NCC(N)c1ccccc1.Cl. The maximum absolute atomic E-state index is 12.3. The molecule has 0 radical (unpaired) electrons. The number of carbonyl (C=O) groups excluding carboxylic acids is 1. The molecule has 130 valence electrons. The van der Waals surface area contributed by atoms with Gasteiger partial charge >= 0.3 is 0 Å². The van der Waals surface area contributed by atoms with Crippen LogP contribution in [0.1, 0.15) is 30.5 Å². The van der Waals surface area contributed by atoms with Crippen molar-refractivity contribution in [1.82, 2.24) is 5.32 Å². The Labute approximate surface area is 149 Å². The second kappa shape index (κ2) is 9.96. The lowest BCUT2D eigenvalue weighted by atomic mass is 10.1. The Kier molecular flexibility index (Phi) is 8.30. The molecule has 24 heavy (non-hydrogen) atoms. The van der Waals surface area contributed by atoms with Gasteiger partial charge in [0.05, 0.1) is 0 Å². The van der Waals surface area contributed by atoms with Crippen molar-refractivity contribution in [2.45, 2.75) is 32.4 Å². The topological polar surface area (TPSA) is 64.3 Å². The standard InChI is InChI=1S/C19H24N2O2.ClH/c1-3-17(23-18-12-8-7-9-14(18)2)19(22)21-13-16(20)15-10-5-4-6-11-15;/h4-12,16-17H,3,13,20H2,1-2H3,(H,21,22);1H. The normalized spacial score (nSPS) is 12.6. The number of rotatable bonds is 7. The third-order valence-corrected chi connectivity index (χ3v) is 3.75. The molecule has 5 heteroatoms. The highest BCUT2D eigenvalue weighted by Gasteiger charge is 2.19. The first-order valence-corrected chi connectivity index (χ1v) is 7.92. The van der Waals surface area contributed by atoms with E-state index in [2.05, 4.69) is 5.32 Å². The van der Waals surface area contributed by atoms with Gasteiger partial charge in [0.1, 0.15) is 5.75 Å². The van der Waals surface area contributed by atoms with E-state index in [1.54, 1.807) is 0 Å². The van der Waals surface area contributed by atoms with Crippen LogP contribution in [0.4, 0.5) is 0 Å². The van der Waals surface area contributed by atoms with Gasteiger partial charge in [0.25, 0.3) is 5.91 Å². The van der Waals surface area contributed by atoms with E-state index < -0.39 is 6.10 Å². The molecule has 0 heterocycles. The summed E-state index contributed by atoms with van der Waals surface area (Å²) in [4.78, 5) is 12.3. The molecule has 4 nitrogen and oxygen atoms in total. The minimum Gasteiger partial charge on any atom is -0.480 e. The van der Waals surface area contributed by atoms with Crippen molar-refractivity contribution in [3.63, 3.8) is 0 Å². The molecule has 0 aliphatic heterocycles. The average molecular weight is 349 g/mol. The number of nitrogens with two attached hydrogens (primary N) is 1. The van der Waals surface area contributed by atoms with Gasteiger partial charge in [-0.3, -0.25) is 4.79 Å². The van der Waals surface area contributed by atoms with Gasteiger partial charge < -0.3 is 15.8 Å². The molecule has 0 spiro atoms. The quantitative estimate of drug-likeness (QED) is 0.806. The number of hydrogen-bond donors (Lipinski definition) is 2. The zero-order chi connectivity index (χ0) is 16.7. The Morgan fingerprint density at radius 1 is 1.12 bits per heavy atom. The van der Waals surface area contributed by atoms with Crippen LogP contribution >= 0.6 is 12.4 Å².